The molecule has 0 amide bonds. The number of alkyl halides is 2. The van der Waals surface area contributed by atoms with E-state index in [-0.39, 0.29) is 10.8 Å². The Labute approximate surface area is 199 Å². The number of rotatable bonds is 8. The molecule has 31 heavy (non-hydrogen) atoms. The minimum absolute atomic E-state index is 0.0286. The molecule has 0 N–H and O–H groups in total. The highest BCUT2D eigenvalue weighted by molar-refractivity contribution is 7.99. The molecule has 2 unspecified atom stereocenters. The average molecular weight is 463 g/mol. The standard InChI is InChI=1S/C28H24Cl2S/c29-27(25-15-11-23(12-16-25)21-7-3-1-4-8-21)19-31-20-28(30)26-17-13-24(14-18-26)22-9-5-2-6-10-22/h1-18,27-28H,19-20H2. The van der Waals surface area contributed by atoms with Gasteiger partial charge in [-0.3, -0.25) is 0 Å². The fourth-order valence-corrected chi connectivity index (χ4v) is 5.26. The van der Waals surface area contributed by atoms with Crippen LogP contribution in [0.2, 0.25) is 0 Å². The minimum Gasteiger partial charge on any atom is -0.158 e. The largest absolute Gasteiger partial charge is 0.158 e. The number of halogens is 2. The summed E-state index contributed by atoms with van der Waals surface area (Å²) in [5, 5.41) is -0.0571. The predicted molar refractivity (Wildman–Crippen MR) is 138 cm³/mol. The van der Waals surface area contributed by atoms with Crippen LogP contribution >= 0.6 is 35.0 Å². The summed E-state index contributed by atoms with van der Waals surface area (Å²) in [6.45, 7) is 0. The topological polar surface area (TPSA) is 0 Å². The molecule has 0 nitrogen and oxygen atoms in total. The molecule has 4 aromatic rings. The summed E-state index contributed by atoms with van der Waals surface area (Å²) in [7, 11) is 0. The van der Waals surface area contributed by atoms with Gasteiger partial charge < -0.3 is 0 Å². The van der Waals surface area contributed by atoms with Crippen molar-refractivity contribution in [3.05, 3.63) is 120 Å². The van der Waals surface area contributed by atoms with Crippen molar-refractivity contribution in [2.45, 2.75) is 10.8 Å². The van der Waals surface area contributed by atoms with Crippen LogP contribution in [0, 0.1) is 0 Å². The summed E-state index contributed by atoms with van der Waals surface area (Å²) in [5.41, 5.74) is 7.15. The van der Waals surface area contributed by atoms with Crippen molar-refractivity contribution in [3.63, 3.8) is 0 Å². The van der Waals surface area contributed by atoms with Gasteiger partial charge in [-0.1, -0.05) is 109 Å². The van der Waals surface area contributed by atoms with Crippen molar-refractivity contribution in [3.8, 4) is 22.3 Å². The number of benzene rings is 4. The Morgan fingerprint density at radius 1 is 0.452 bits per heavy atom. The lowest BCUT2D eigenvalue weighted by Gasteiger charge is -2.14. The Morgan fingerprint density at radius 2 is 0.774 bits per heavy atom. The van der Waals surface area contributed by atoms with Gasteiger partial charge >= 0.3 is 0 Å². The van der Waals surface area contributed by atoms with Crippen LogP contribution in [0.1, 0.15) is 21.9 Å². The van der Waals surface area contributed by atoms with Gasteiger partial charge in [0.05, 0.1) is 10.8 Å². The molecule has 0 bridgehead atoms. The molecule has 0 aliphatic heterocycles. The van der Waals surface area contributed by atoms with Gasteiger partial charge in [-0.2, -0.15) is 11.8 Å². The van der Waals surface area contributed by atoms with Gasteiger partial charge in [-0.25, -0.2) is 0 Å². The second kappa shape index (κ2) is 10.9. The summed E-state index contributed by atoms with van der Waals surface area (Å²) in [6, 6.07) is 37.9. The molecule has 0 heterocycles. The zero-order chi connectivity index (χ0) is 21.5. The molecular weight excluding hydrogens is 439 g/mol. The summed E-state index contributed by atoms with van der Waals surface area (Å²) in [5.74, 6) is 1.66. The molecular formula is C28H24Cl2S. The lowest BCUT2D eigenvalue weighted by Crippen LogP contribution is -1.99. The molecule has 4 rings (SSSR count). The number of hydrogen-bond donors (Lipinski definition) is 0. The first-order valence-electron chi connectivity index (χ1n) is 10.4. The van der Waals surface area contributed by atoms with Crippen LogP contribution in [0.5, 0.6) is 0 Å². The first-order chi connectivity index (χ1) is 15.2. The minimum atomic E-state index is -0.0286. The Bertz CT molecular complexity index is 973. The third-order valence-electron chi connectivity index (χ3n) is 5.29. The Hall–Kier alpha value is -2.19. The molecule has 0 aliphatic carbocycles. The van der Waals surface area contributed by atoms with Crippen LogP contribution in [-0.4, -0.2) is 11.5 Å². The lowest BCUT2D eigenvalue weighted by molar-refractivity contribution is 1.07. The molecule has 4 aromatic carbocycles. The molecule has 0 spiro atoms. The van der Waals surface area contributed by atoms with Gasteiger partial charge in [0.2, 0.25) is 0 Å². The zero-order valence-electron chi connectivity index (χ0n) is 17.1. The summed E-state index contributed by atoms with van der Waals surface area (Å²) in [4.78, 5) is 0. The Morgan fingerprint density at radius 3 is 1.13 bits per heavy atom. The van der Waals surface area contributed by atoms with E-state index < -0.39 is 0 Å². The monoisotopic (exact) mass is 462 g/mol. The smallest absolute Gasteiger partial charge is 0.0675 e. The van der Waals surface area contributed by atoms with E-state index in [0.29, 0.717) is 0 Å². The zero-order valence-corrected chi connectivity index (χ0v) is 19.5. The molecule has 0 saturated carbocycles. The van der Waals surface area contributed by atoms with Gasteiger partial charge in [0.1, 0.15) is 0 Å². The van der Waals surface area contributed by atoms with Crippen molar-refractivity contribution < 1.29 is 0 Å². The molecule has 156 valence electrons. The first kappa shape index (κ1) is 22.0. The molecule has 3 heteroatoms. The fraction of sp³-hybridized carbons (Fsp3) is 0.143. The van der Waals surface area contributed by atoms with Crippen molar-refractivity contribution in [1.29, 1.82) is 0 Å². The third kappa shape index (κ3) is 5.95. The Kier molecular flexibility index (Phi) is 7.75. The molecule has 0 fully saturated rings. The van der Waals surface area contributed by atoms with Gasteiger partial charge in [0, 0.05) is 11.5 Å². The van der Waals surface area contributed by atoms with Crippen LogP contribution in [0.3, 0.4) is 0 Å². The van der Waals surface area contributed by atoms with E-state index in [2.05, 4.69) is 97.1 Å². The van der Waals surface area contributed by atoms with E-state index in [9.17, 15) is 0 Å². The van der Waals surface area contributed by atoms with Crippen molar-refractivity contribution in [2.75, 3.05) is 11.5 Å². The van der Waals surface area contributed by atoms with E-state index in [4.69, 9.17) is 23.2 Å². The van der Waals surface area contributed by atoms with E-state index in [1.54, 1.807) is 11.8 Å². The van der Waals surface area contributed by atoms with Crippen LogP contribution in [-0.2, 0) is 0 Å². The highest BCUT2D eigenvalue weighted by Gasteiger charge is 2.12. The highest BCUT2D eigenvalue weighted by atomic mass is 35.5. The second-order valence-electron chi connectivity index (χ2n) is 7.45. The van der Waals surface area contributed by atoms with E-state index in [1.165, 1.54) is 22.3 Å². The summed E-state index contributed by atoms with van der Waals surface area (Å²) >= 11 is 15.1. The molecule has 0 radical (unpaired) electrons. The predicted octanol–water partition coefficient (Wildman–Crippen LogP) is 9.01. The van der Waals surface area contributed by atoms with Crippen molar-refractivity contribution >= 4 is 35.0 Å². The average Bonchev–Trinajstić information content (AvgIpc) is 2.85. The fourth-order valence-electron chi connectivity index (χ4n) is 3.50. The van der Waals surface area contributed by atoms with E-state index >= 15 is 0 Å². The van der Waals surface area contributed by atoms with Crippen molar-refractivity contribution in [2.24, 2.45) is 0 Å². The van der Waals surface area contributed by atoms with Crippen LogP contribution in [0.25, 0.3) is 22.3 Å². The van der Waals surface area contributed by atoms with Gasteiger partial charge in [-0.05, 0) is 33.4 Å². The van der Waals surface area contributed by atoms with E-state index in [1.807, 2.05) is 12.1 Å². The van der Waals surface area contributed by atoms with Crippen LogP contribution in [0.15, 0.2) is 109 Å². The Balaban J connectivity index is 1.28. The normalized spacial score (nSPS) is 13.0. The van der Waals surface area contributed by atoms with Crippen LogP contribution < -0.4 is 0 Å². The maximum absolute atomic E-state index is 6.66. The summed E-state index contributed by atoms with van der Waals surface area (Å²) < 4.78 is 0. The first-order valence-corrected chi connectivity index (χ1v) is 12.4. The maximum Gasteiger partial charge on any atom is 0.0675 e. The molecule has 0 aromatic heterocycles. The lowest BCUT2D eigenvalue weighted by atomic mass is 10.0. The van der Waals surface area contributed by atoms with Gasteiger partial charge in [0.25, 0.3) is 0 Å². The number of thioether (sulfide) groups is 1. The quantitative estimate of drug-likeness (QED) is 0.235. The van der Waals surface area contributed by atoms with Crippen LogP contribution in [0.4, 0.5) is 0 Å². The number of hydrogen-bond acceptors (Lipinski definition) is 1. The van der Waals surface area contributed by atoms with Gasteiger partial charge in [0.15, 0.2) is 0 Å². The highest BCUT2D eigenvalue weighted by Crippen LogP contribution is 2.32. The SMILES string of the molecule is ClC(CSCC(Cl)c1ccc(-c2ccccc2)cc1)c1ccc(-c2ccccc2)cc1. The second-order valence-corrected chi connectivity index (χ2v) is 9.58. The summed E-state index contributed by atoms with van der Waals surface area (Å²) in [6.07, 6.45) is 0. The molecule has 0 saturated heterocycles. The third-order valence-corrected chi connectivity index (χ3v) is 7.60. The molecule has 2 atom stereocenters. The van der Waals surface area contributed by atoms with E-state index in [0.717, 1.165) is 22.6 Å². The van der Waals surface area contributed by atoms with Gasteiger partial charge in [-0.15, -0.1) is 23.2 Å². The van der Waals surface area contributed by atoms with Crippen molar-refractivity contribution in [1.82, 2.24) is 0 Å². The maximum atomic E-state index is 6.66. The molecule has 0 aliphatic rings.